The lowest BCUT2D eigenvalue weighted by atomic mass is 9.88. The first-order chi connectivity index (χ1) is 13.7. The van der Waals surface area contributed by atoms with Gasteiger partial charge in [0, 0.05) is 30.0 Å². The summed E-state index contributed by atoms with van der Waals surface area (Å²) in [6, 6.07) is 22.9. The van der Waals surface area contributed by atoms with Crippen molar-refractivity contribution in [3.63, 3.8) is 0 Å². The largest absolute Gasteiger partial charge is 0.338 e. The molecule has 0 aliphatic carbocycles. The topological polar surface area (TPSA) is 33.2 Å². The number of carbonyl (C=O) groups excluding carboxylic acids is 1. The summed E-state index contributed by atoms with van der Waals surface area (Å²) in [5, 5.41) is 0. The van der Waals surface area contributed by atoms with Crippen LogP contribution in [0.5, 0.6) is 0 Å². The van der Waals surface area contributed by atoms with Crippen molar-refractivity contribution in [3.05, 3.63) is 106 Å². The van der Waals surface area contributed by atoms with Crippen molar-refractivity contribution in [2.75, 3.05) is 13.1 Å². The Bertz CT molecular complexity index is 948. The highest BCUT2D eigenvalue weighted by Gasteiger charge is 2.23. The van der Waals surface area contributed by atoms with Crippen molar-refractivity contribution in [1.29, 1.82) is 0 Å². The third-order valence-corrected chi connectivity index (χ3v) is 5.52. The first kappa shape index (κ1) is 18.6. The number of nitrogens with zero attached hydrogens (tertiary/aromatic N) is 2. The standard InChI is InChI=1S/C24H21BrN2O/c25-22-15-21(16-26-17-22)24(28)27-13-11-20(12-14-27)23(18-7-3-1-4-8-18)19-9-5-2-6-10-19/h1-10,15-17H,11-14H2. The zero-order valence-corrected chi connectivity index (χ0v) is 17.1. The molecule has 1 amide bonds. The molecule has 4 heteroatoms. The molecule has 0 atom stereocenters. The molecule has 0 N–H and O–H groups in total. The van der Waals surface area contributed by atoms with Crippen LogP contribution in [0.2, 0.25) is 0 Å². The Morgan fingerprint density at radius 3 is 1.93 bits per heavy atom. The molecule has 0 unspecified atom stereocenters. The first-order valence-corrected chi connectivity index (χ1v) is 10.2. The highest BCUT2D eigenvalue weighted by molar-refractivity contribution is 9.10. The second-order valence-electron chi connectivity index (χ2n) is 6.89. The molecule has 1 fully saturated rings. The van der Waals surface area contributed by atoms with Gasteiger partial charge in [0.1, 0.15) is 0 Å². The van der Waals surface area contributed by atoms with Crippen LogP contribution in [0, 0.1) is 0 Å². The van der Waals surface area contributed by atoms with Gasteiger partial charge in [-0.15, -0.1) is 0 Å². The van der Waals surface area contributed by atoms with Gasteiger partial charge in [-0.2, -0.15) is 0 Å². The van der Waals surface area contributed by atoms with E-state index >= 15 is 0 Å². The van der Waals surface area contributed by atoms with Crippen LogP contribution in [0.4, 0.5) is 0 Å². The van der Waals surface area contributed by atoms with Crippen LogP contribution in [0.3, 0.4) is 0 Å². The maximum Gasteiger partial charge on any atom is 0.255 e. The van der Waals surface area contributed by atoms with E-state index in [0.717, 1.165) is 30.4 Å². The van der Waals surface area contributed by atoms with E-state index < -0.39 is 0 Å². The molecule has 3 nitrogen and oxygen atoms in total. The first-order valence-electron chi connectivity index (χ1n) is 9.45. The average Bonchev–Trinajstić information content (AvgIpc) is 2.75. The molecule has 3 aromatic rings. The summed E-state index contributed by atoms with van der Waals surface area (Å²) in [5.74, 6) is 0.0498. The van der Waals surface area contributed by atoms with Crippen molar-refractivity contribution in [2.45, 2.75) is 12.8 Å². The van der Waals surface area contributed by atoms with E-state index in [4.69, 9.17) is 0 Å². The predicted molar refractivity (Wildman–Crippen MR) is 116 cm³/mol. The van der Waals surface area contributed by atoms with Gasteiger partial charge < -0.3 is 4.90 Å². The second kappa shape index (κ2) is 8.53. The third-order valence-electron chi connectivity index (χ3n) is 5.08. The smallest absolute Gasteiger partial charge is 0.255 e. The number of likely N-dealkylation sites (tertiary alicyclic amines) is 1. The molecule has 0 radical (unpaired) electrons. The molecule has 0 spiro atoms. The average molecular weight is 433 g/mol. The molecule has 1 aliphatic rings. The summed E-state index contributed by atoms with van der Waals surface area (Å²) >= 11 is 3.39. The van der Waals surface area contributed by atoms with Crippen molar-refractivity contribution in [1.82, 2.24) is 9.88 Å². The Balaban J connectivity index is 1.60. The van der Waals surface area contributed by atoms with Crippen molar-refractivity contribution < 1.29 is 4.79 Å². The quantitative estimate of drug-likeness (QED) is 0.540. The molecule has 0 saturated carbocycles. The van der Waals surface area contributed by atoms with Gasteiger partial charge in [-0.3, -0.25) is 9.78 Å². The second-order valence-corrected chi connectivity index (χ2v) is 7.81. The number of hydrogen-bond donors (Lipinski definition) is 0. The van der Waals surface area contributed by atoms with Gasteiger partial charge in [-0.1, -0.05) is 66.2 Å². The van der Waals surface area contributed by atoms with Crippen LogP contribution in [0.15, 0.2) is 89.2 Å². The monoisotopic (exact) mass is 432 g/mol. The van der Waals surface area contributed by atoms with E-state index in [1.807, 2.05) is 23.1 Å². The van der Waals surface area contributed by atoms with Gasteiger partial charge >= 0.3 is 0 Å². The Labute approximate surface area is 173 Å². The van der Waals surface area contributed by atoms with E-state index in [0.29, 0.717) is 5.56 Å². The van der Waals surface area contributed by atoms with Gasteiger partial charge in [-0.05, 0) is 51.5 Å². The SMILES string of the molecule is O=C(c1cncc(Br)c1)N1CCC(=C(c2ccccc2)c2ccccc2)CC1. The number of hydrogen-bond acceptors (Lipinski definition) is 2. The van der Waals surface area contributed by atoms with Crippen LogP contribution in [0.1, 0.15) is 34.3 Å². The van der Waals surface area contributed by atoms with Gasteiger partial charge in [-0.25, -0.2) is 0 Å². The fraction of sp³-hybridized carbons (Fsp3) is 0.167. The zero-order valence-electron chi connectivity index (χ0n) is 15.5. The van der Waals surface area contributed by atoms with E-state index in [2.05, 4.69) is 69.4 Å². The van der Waals surface area contributed by atoms with Crippen LogP contribution in [-0.4, -0.2) is 28.9 Å². The summed E-state index contributed by atoms with van der Waals surface area (Å²) in [6.07, 6.45) is 5.09. The lowest BCUT2D eigenvalue weighted by Crippen LogP contribution is -2.36. The molecule has 2 heterocycles. The zero-order chi connectivity index (χ0) is 19.3. The van der Waals surface area contributed by atoms with E-state index in [9.17, 15) is 4.79 Å². The molecular formula is C24H21BrN2O. The summed E-state index contributed by atoms with van der Waals surface area (Å²) in [6.45, 7) is 1.45. The molecule has 0 bridgehead atoms. The van der Waals surface area contributed by atoms with Gasteiger partial charge in [0.15, 0.2) is 0 Å². The number of aromatic nitrogens is 1. The van der Waals surface area contributed by atoms with Crippen LogP contribution in [-0.2, 0) is 0 Å². The normalized spacial score (nSPS) is 14.0. The number of rotatable bonds is 3. The van der Waals surface area contributed by atoms with Gasteiger partial charge in [0.05, 0.1) is 5.56 Å². The molecule has 1 aliphatic heterocycles. The number of pyridine rings is 1. The molecule has 1 aromatic heterocycles. The Morgan fingerprint density at radius 2 is 1.39 bits per heavy atom. The number of halogens is 1. The number of benzene rings is 2. The highest BCUT2D eigenvalue weighted by Crippen LogP contribution is 2.32. The van der Waals surface area contributed by atoms with Crippen molar-refractivity contribution >= 4 is 27.4 Å². The Kier molecular flexibility index (Phi) is 5.68. The summed E-state index contributed by atoms with van der Waals surface area (Å²) < 4.78 is 0.825. The van der Waals surface area contributed by atoms with Gasteiger partial charge in [0.25, 0.3) is 5.91 Å². The summed E-state index contributed by atoms with van der Waals surface area (Å²) in [5.41, 5.74) is 5.82. The molecule has 1 saturated heterocycles. The van der Waals surface area contributed by atoms with Crippen molar-refractivity contribution in [2.24, 2.45) is 0 Å². The third kappa shape index (κ3) is 4.07. The Hall–Kier alpha value is -2.72. The fourth-order valence-electron chi connectivity index (χ4n) is 3.73. The molecule has 2 aromatic carbocycles. The minimum Gasteiger partial charge on any atom is -0.338 e. The van der Waals surface area contributed by atoms with E-state index in [1.165, 1.54) is 22.3 Å². The lowest BCUT2D eigenvalue weighted by Gasteiger charge is -2.30. The maximum atomic E-state index is 12.8. The van der Waals surface area contributed by atoms with Crippen molar-refractivity contribution in [3.8, 4) is 0 Å². The number of piperidine rings is 1. The number of amides is 1. The Morgan fingerprint density at radius 1 is 0.821 bits per heavy atom. The molecule has 28 heavy (non-hydrogen) atoms. The summed E-state index contributed by atoms with van der Waals surface area (Å²) in [4.78, 5) is 18.9. The highest BCUT2D eigenvalue weighted by atomic mass is 79.9. The van der Waals surface area contributed by atoms with E-state index in [-0.39, 0.29) is 5.91 Å². The van der Waals surface area contributed by atoms with Crippen LogP contribution in [0.25, 0.3) is 5.57 Å². The minimum atomic E-state index is 0.0498. The van der Waals surface area contributed by atoms with E-state index in [1.54, 1.807) is 12.4 Å². The predicted octanol–water partition coefficient (Wildman–Crippen LogP) is 5.58. The molecular weight excluding hydrogens is 412 g/mol. The van der Waals surface area contributed by atoms with Crippen LogP contribution < -0.4 is 0 Å². The molecule has 4 rings (SSSR count). The fourth-order valence-corrected chi connectivity index (χ4v) is 4.09. The summed E-state index contributed by atoms with van der Waals surface area (Å²) in [7, 11) is 0. The maximum absolute atomic E-state index is 12.8. The van der Waals surface area contributed by atoms with Crippen LogP contribution >= 0.6 is 15.9 Å². The lowest BCUT2D eigenvalue weighted by molar-refractivity contribution is 0.0743. The minimum absolute atomic E-state index is 0.0498. The number of carbonyl (C=O) groups is 1. The van der Waals surface area contributed by atoms with Gasteiger partial charge in [0.2, 0.25) is 0 Å². The molecule has 140 valence electrons.